The van der Waals surface area contributed by atoms with E-state index in [2.05, 4.69) is 28.1 Å². The zero-order valence-electron chi connectivity index (χ0n) is 18.0. The van der Waals surface area contributed by atoms with E-state index in [1.807, 2.05) is 75.5 Å². The monoisotopic (exact) mass is 467 g/mol. The third kappa shape index (κ3) is 4.92. The van der Waals surface area contributed by atoms with E-state index >= 15 is 0 Å². The molecule has 1 amide bonds. The van der Waals surface area contributed by atoms with Gasteiger partial charge in [-0.05, 0) is 49.1 Å². The molecule has 3 nitrogen and oxygen atoms in total. The number of hydrogen-bond acceptors (Lipinski definition) is 2. The summed E-state index contributed by atoms with van der Waals surface area (Å²) in [4.78, 5) is 28.0. The Morgan fingerprint density at radius 2 is 1.83 bits per heavy atom. The van der Waals surface area contributed by atoms with Crippen molar-refractivity contribution in [2.24, 2.45) is 5.41 Å². The lowest BCUT2D eigenvalue weighted by Gasteiger charge is -2.36. The zero-order valence-corrected chi connectivity index (χ0v) is 19.6. The molecule has 1 atom stereocenters. The van der Waals surface area contributed by atoms with E-state index in [9.17, 15) is 9.59 Å². The van der Waals surface area contributed by atoms with E-state index < -0.39 is 10.8 Å². The summed E-state index contributed by atoms with van der Waals surface area (Å²) in [6, 6.07) is 17.8. The number of ketones is 1. The molecule has 0 N–H and O–H groups in total. The van der Waals surface area contributed by atoms with Gasteiger partial charge in [0, 0.05) is 28.2 Å². The Hall–Kier alpha value is -2.20. The number of halogens is 1. The van der Waals surface area contributed by atoms with Gasteiger partial charge >= 0.3 is 0 Å². The fourth-order valence-corrected chi connectivity index (χ4v) is 4.50. The fourth-order valence-electron chi connectivity index (χ4n) is 4.10. The predicted octanol–water partition coefficient (Wildman–Crippen LogP) is 6.81. The number of amides is 1. The van der Waals surface area contributed by atoms with Crippen LogP contribution in [0.3, 0.4) is 0 Å². The lowest BCUT2D eigenvalue weighted by molar-refractivity contribution is -0.126. The maximum Gasteiger partial charge on any atom is 0.236 e. The molecule has 30 heavy (non-hydrogen) atoms. The van der Waals surface area contributed by atoms with Crippen LogP contribution in [0.1, 0.15) is 58.4 Å². The summed E-state index contributed by atoms with van der Waals surface area (Å²) in [6.45, 7) is 5.77. The molecule has 0 radical (unpaired) electrons. The molecule has 1 aliphatic rings. The minimum atomic E-state index is -0.522. The van der Waals surface area contributed by atoms with Gasteiger partial charge in [-0.1, -0.05) is 79.5 Å². The van der Waals surface area contributed by atoms with E-state index in [1.165, 1.54) is 0 Å². The highest BCUT2D eigenvalue weighted by Gasteiger charge is 2.40. The topological polar surface area (TPSA) is 37.4 Å². The molecular formula is C26H30BrNO2. The third-order valence-electron chi connectivity index (χ3n) is 5.78. The number of nitrogens with zero attached hydrogens (tertiary/aromatic N) is 1. The molecule has 4 heteroatoms. The summed E-state index contributed by atoms with van der Waals surface area (Å²) >= 11 is 3.55. The van der Waals surface area contributed by atoms with Crippen molar-refractivity contribution in [1.82, 2.24) is 0 Å². The lowest BCUT2D eigenvalue weighted by Crippen LogP contribution is -2.39. The zero-order chi connectivity index (χ0) is 21.8. The summed E-state index contributed by atoms with van der Waals surface area (Å²) in [6.07, 6.45) is 7.88. The molecule has 1 saturated carbocycles. The maximum atomic E-state index is 13.1. The Morgan fingerprint density at radius 1 is 1.10 bits per heavy atom. The Morgan fingerprint density at radius 3 is 2.47 bits per heavy atom. The molecule has 0 saturated heterocycles. The fraction of sp³-hybridized carbons (Fsp3) is 0.385. The molecule has 158 valence electrons. The number of anilines is 1. The maximum absolute atomic E-state index is 13.1. The van der Waals surface area contributed by atoms with Crippen molar-refractivity contribution in [2.45, 2.75) is 58.3 Å². The highest BCUT2D eigenvalue weighted by molar-refractivity contribution is 9.10. The van der Waals surface area contributed by atoms with Crippen LogP contribution in [0.4, 0.5) is 5.69 Å². The lowest BCUT2D eigenvalue weighted by atomic mass is 9.66. The second kappa shape index (κ2) is 9.30. The van der Waals surface area contributed by atoms with Crippen LogP contribution < -0.4 is 4.90 Å². The van der Waals surface area contributed by atoms with Gasteiger partial charge in [0.25, 0.3) is 0 Å². The first-order valence-corrected chi connectivity index (χ1v) is 11.4. The summed E-state index contributed by atoms with van der Waals surface area (Å²) in [5.41, 5.74) is 0.855. The second-order valence-electron chi connectivity index (χ2n) is 9.07. The highest BCUT2D eigenvalue weighted by atomic mass is 79.9. The smallest absolute Gasteiger partial charge is 0.236 e. The number of rotatable bonds is 5. The first-order chi connectivity index (χ1) is 14.2. The standard InChI is InChI=1S/C26H30BrNO2/c1-25(2,3)24(30)28(22-13-5-4-6-14-22)18-10-17-26(16-8-7-15-23(26)29)20-11-9-12-21(27)19-20/h4-6,9-14,18-19H,7-8,15-17H2,1-3H3/b18-10+/t26-/m0/s1. The molecule has 0 spiro atoms. The summed E-state index contributed by atoms with van der Waals surface area (Å²) in [5.74, 6) is 0.321. The van der Waals surface area contributed by atoms with Crippen LogP contribution in [-0.2, 0) is 15.0 Å². The minimum Gasteiger partial charge on any atom is -0.299 e. The van der Waals surface area contributed by atoms with E-state index in [0.717, 1.165) is 35.0 Å². The van der Waals surface area contributed by atoms with E-state index in [4.69, 9.17) is 0 Å². The average Bonchev–Trinajstić information content (AvgIpc) is 2.72. The average molecular weight is 468 g/mol. The third-order valence-corrected chi connectivity index (χ3v) is 6.28. The predicted molar refractivity (Wildman–Crippen MR) is 126 cm³/mol. The van der Waals surface area contributed by atoms with Gasteiger partial charge in [0.15, 0.2) is 0 Å². The summed E-state index contributed by atoms with van der Waals surface area (Å²) in [5, 5.41) is 0. The summed E-state index contributed by atoms with van der Waals surface area (Å²) < 4.78 is 0.982. The molecule has 0 aliphatic heterocycles. The van der Waals surface area contributed by atoms with Crippen molar-refractivity contribution in [3.05, 3.63) is 76.9 Å². The Bertz CT molecular complexity index is 930. The highest BCUT2D eigenvalue weighted by Crippen LogP contribution is 2.41. The largest absolute Gasteiger partial charge is 0.299 e. The van der Waals surface area contributed by atoms with Crippen molar-refractivity contribution in [1.29, 1.82) is 0 Å². The first-order valence-electron chi connectivity index (χ1n) is 10.6. The molecular weight excluding hydrogens is 438 g/mol. The molecule has 2 aromatic rings. The van der Waals surface area contributed by atoms with Crippen LogP contribution in [0.15, 0.2) is 71.3 Å². The Balaban J connectivity index is 1.94. The number of carbonyl (C=O) groups excluding carboxylic acids is 2. The molecule has 0 aromatic heterocycles. The quantitative estimate of drug-likeness (QED) is 0.483. The van der Waals surface area contributed by atoms with Gasteiger partial charge in [-0.15, -0.1) is 0 Å². The SMILES string of the molecule is CC(C)(C)C(=O)N(/C=C/C[C@]1(c2cccc(Br)c2)CCCCC1=O)c1ccccc1. The van der Waals surface area contributed by atoms with Gasteiger partial charge in [-0.2, -0.15) is 0 Å². The molecule has 0 heterocycles. The number of Topliss-reactive ketones (excluding diaryl/α,β-unsaturated/α-hetero) is 1. The Kier molecular flexibility index (Phi) is 6.97. The van der Waals surface area contributed by atoms with Gasteiger partial charge in [-0.25, -0.2) is 0 Å². The normalized spacial score (nSPS) is 19.8. The van der Waals surface area contributed by atoms with Gasteiger partial charge < -0.3 is 0 Å². The molecule has 1 aliphatic carbocycles. The molecule has 0 bridgehead atoms. The van der Waals surface area contributed by atoms with Crippen molar-refractivity contribution >= 4 is 33.3 Å². The van der Waals surface area contributed by atoms with E-state index in [1.54, 1.807) is 4.90 Å². The number of allylic oxidation sites excluding steroid dienone is 1. The Labute approximate surface area is 188 Å². The van der Waals surface area contributed by atoms with Crippen LogP contribution in [-0.4, -0.2) is 11.7 Å². The van der Waals surface area contributed by atoms with Crippen molar-refractivity contribution in [3.63, 3.8) is 0 Å². The number of para-hydroxylation sites is 1. The second-order valence-corrected chi connectivity index (χ2v) is 9.99. The van der Waals surface area contributed by atoms with Crippen LogP contribution >= 0.6 is 15.9 Å². The van der Waals surface area contributed by atoms with E-state index in [-0.39, 0.29) is 5.91 Å². The molecule has 0 unspecified atom stereocenters. The van der Waals surface area contributed by atoms with E-state index in [0.29, 0.717) is 18.6 Å². The van der Waals surface area contributed by atoms with Crippen molar-refractivity contribution in [3.8, 4) is 0 Å². The van der Waals surface area contributed by atoms with Crippen LogP contribution in [0, 0.1) is 5.41 Å². The van der Waals surface area contributed by atoms with Crippen LogP contribution in [0.5, 0.6) is 0 Å². The minimum absolute atomic E-state index is 0.0245. The van der Waals surface area contributed by atoms with Crippen LogP contribution in [0.25, 0.3) is 0 Å². The number of benzene rings is 2. The molecule has 2 aromatic carbocycles. The van der Waals surface area contributed by atoms with Gasteiger partial charge in [0.1, 0.15) is 5.78 Å². The molecule has 3 rings (SSSR count). The van der Waals surface area contributed by atoms with Crippen molar-refractivity contribution in [2.75, 3.05) is 4.90 Å². The number of carbonyl (C=O) groups is 2. The molecule has 1 fully saturated rings. The number of hydrogen-bond donors (Lipinski definition) is 0. The first kappa shape index (κ1) is 22.5. The van der Waals surface area contributed by atoms with Crippen LogP contribution in [0.2, 0.25) is 0 Å². The van der Waals surface area contributed by atoms with Gasteiger partial charge in [0.2, 0.25) is 5.91 Å². The van der Waals surface area contributed by atoms with Gasteiger partial charge in [-0.3, -0.25) is 14.5 Å². The van der Waals surface area contributed by atoms with Gasteiger partial charge in [0.05, 0.1) is 5.41 Å². The summed E-state index contributed by atoms with van der Waals surface area (Å²) in [7, 11) is 0. The van der Waals surface area contributed by atoms with Crippen molar-refractivity contribution < 1.29 is 9.59 Å².